The molecule has 3 aromatic rings. The fourth-order valence-corrected chi connectivity index (χ4v) is 3.41. The maximum absolute atomic E-state index is 5.11. The Morgan fingerprint density at radius 1 is 0.875 bits per heavy atom. The summed E-state index contributed by atoms with van der Waals surface area (Å²) >= 11 is 0. The lowest BCUT2D eigenvalue weighted by Crippen LogP contribution is -2.00. The normalized spacial score (nSPS) is 11.4. The lowest BCUT2D eigenvalue weighted by atomic mass is 9.99. The van der Waals surface area contributed by atoms with Gasteiger partial charge in [-0.3, -0.25) is 9.97 Å². The molecule has 0 saturated heterocycles. The zero-order chi connectivity index (χ0) is 16.8. The molecule has 0 unspecified atom stereocenters. The molecular formula is C22H28N2. The zero-order valence-electron chi connectivity index (χ0n) is 15.0. The third-order valence-corrected chi connectivity index (χ3v) is 4.80. The summed E-state index contributed by atoms with van der Waals surface area (Å²) in [4.78, 5) is 9.59. The van der Waals surface area contributed by atoms with Gasteiger partial charge < -0.3 is 0 Å². The van der Waals surface area contributed by atoms with Crippen LogP contribution in [0.25, 0.3) is 21.8 Å². The van der Waals surface area contributed by atoms with E-state index in [2.05, 4.69) is 43.1 Å². The van der Waals surface area contributed by atoms with Gasteiger partial charge in [0.1, 0.15) is 0 Å². The first kappa shape index (κ1) is 16.9. The molecule has 0 N–H and O–H groups in total. The van der Waals surface area contributed by atoms with Gasteiger partial charge in [-0.1, -0.05) is 45.6 Å². The van der Waals surface area contributed by atoms with Gasteiger partial charge in [-0.05, 0) is 55.5 Å². The second-order valence-electron chi connectivity index (χ2n) is 6.72. The Bertz CT molecular complexity index is 808. The Labute approximate surface area is 145 Å². The van der Waals surface area contributed by atoms with Crippen LogP contribution in [0.4, 0.5) is 0 Å². The predicted molar refractivity (Wildman–Crippen MR) is 104 cm³/mol. The number of hydrogen-bond acceptors (Lipinski definition) is 2. The molecule has 126 valence electrons. The van der Waals surface area contributed by atoms with E-state index in [1.165, 1.54) is 60.6 Å². The van der Waals surface area contributed by atoms with Crippen molar-refractivity contribution >= 4 is 21.8 Å². The topological polar surface area (TPSA) is 25.8 Å². The van der Waals surface area contributed by atoms with Crippen molar-refractivity contribution in [3.8, 4) is 0 Å². The van der Waals surface area contributed by atoms with Gasteiger partial charge in [0.25, 0.3) is 0 Å². The number of benzene rings is 1. The molecule has 0 fully saturated rings. The van der Waals surface area contributed by atoms with Gasteiger partial charge in [0.15, 0.2) is 0 Å². The van der Waals surface area contributed by atoms with Crippen LogP contribution in [0.15, 0.2) is 36.5 Å². The summed E-state index contributed by atoms with van der Waals surface area (Å²) in [5, 5.41) is 2.42. The van der Waals surface area contributed by atoms with Gasteiger partial charge in [0.05, 0.1) is 11.0 Å². The van der Waals surface area contributed by atoms with Crippen LogP contribution in [0.1, 0.15) is 63.6 Å². The van der Waals surface area contributed by atoms with Crippen LogP contribution in [0.5, 0.6) is 0 Å². The van der Waals surface area contributed by atoms with Crippen molar-refractivity contribution in [2.45, 2.75) is 65.2 Å². The van der Waals surface area contributed by atoms with Crippen molar-refractivity contribution < 1.29 is 0 Å². The molecule has 0 saturated carbocycles. The molecular weight excluding hydrogens is 292 g/mol. The van der Waals surface area contributed by atoms with E-state index in [0.29, 0.717) is 0 Å². The van der Waals surface area contributed by atoms with Crippen molar-refractivity contribution in [1.29, 1.82) is 0 Å². The number of aryl methyl sites for hydroxylation is 2. The van der Waals surface area contributed by atoms with Gasteiger partial charge in [0.2, 0.25) is 0 Å². The second kappa shape index (κ2) is 8.23. The summed E-state index contributed by atoms with van der Waals surface area (Å²) in [6.07, 6.45) is 11.7. The Morgan fingerprint density at radius 2 is 1.67 bits per heavy atom. The van der Waals surface area contributed by atoms with E-state index < -0.39 is 0 Å². The van der Waals surface area contributed by atoms with Crippen LogP contribution in [0.3, 0.4) is 0 Å². The fraction of sp³-hybridized carbons (Fsp3) is 0.455. The summed E-state index contributed by atoms with van der Waals surface area (Å²) in [6.45, 7) is 4.52. The lowest BCUT2D eigenvalue weighted by Gasteiger charge is -2.12. The smallest absolute Gasteiger partial charge is 0.0799 e. The third kappa shape index (κ3) is 3.75. The Balaban J connectivity index is 2.03. The first-order valence-electron chi connectivity index (χ1n) is 9.49. The van der Waals surface area contributed by atoms with Crippen LogP contribution < -0.4 is 0 Å². The predicted octanol–water partition coefficient (Wildman–Crippen LogP) is 6.25. The number of fused-ring (bicyclic) bond motifs is 3. The largest absolute Gasteiger partial charge is 0.256 e. The Morgan fingerprint density at radius 3 is 2.46 bits per heavy atom. The van der Waals surface area contributed by atoms with Crippen molar-refractivity contribution in [2.75, 3.05) is 0 Å². The molecule has 2 heterocycles. The summed E-state index contributed by atoms with van der Waals surface area (Å²) in [6, 6.07) is 10.8. The molecule has 1 aromatic carbocycles. The van der Waals surface area contributed by atoms with Crippen molar-refractivity contribution in [3.05, 3.63) is 47.8 Å². The van der Waals surface area contributed by atoms with Crippen LogP contribution in [-0.2, 0) is 12.8 Å². The summed E-state index contributed by atoms with van der Waals surface area (Å²) < 4.78 is 0. The number of aromatic nitrogens is 2. The van der Waals surface area contributed by atoms with E-state index in [-0.39, 0.29) is 0 Å². The van der Waals surface area contributed by atoms with Gasteiger partial charge in [0, 0.05) is 22.7 Å². The standard InChI is InChI=1S/C22H28N2/c1-3-5-7-10-17-16-18-13-14-21-19(11-9-15-23-21)22(18)24-20(17)12-8-6-4-2/h9,11,13-16H,3-8,10,12H2,1-2H3. The zero-order valence-corrected chi connectivity index (χ0v) is 15.0. The van der Waals surface area contributed by atoms with E-state index >= 15 is 0 Å². The van der Waals surface area contributed by atoms with E-state index in [0.717, 1.165) is 23.9 Å². The summed E-state index contributed by atoms with van der Waals surface area (Å²) in [5.41, 5.74) is 4.92. The van der Waals surface area contributed by atoms with Gasteiger partial charge >= 0.3 is 0 Å². The highest BCUT2D eigenvalue weighted by Gasteiger charge is 2.10. The van der Waals surface area contributed by atoms with Crippen molar-refractivity contribution in [1.82, 2.24) is 9.97 Å². The monoisotopic (exact) mass is 320 g/mol. The number of rotatable bonds is 8. The van der Waals surface area contributed by atoms with E-state index in [1.54, 1.807) is 0 Å². The highest BCUT2D eigenvalue weighted by atomic mass is 14.7. The number of hydrogen-bond donors (Lipinski definition) is 0. The average molecular weight is 320 g/mol. The second-order valence-corrected chi connectivity index (χ2v) is 6.72. The molecule has 3 rings (SSSR count). The SMILES string of the molecule is CCCCCc1cc2ccc3ncccc3c2nc1CCCCC. The maximum Gasteiger partial charge on any atom is 0.0799 e. The van der Waals surface area contributed by atoms with Crippen LogP contribution in [0, 0.1) is 0 Å². The third-order valence-electron chi connectivity index (χ3n) is 4.80. The van der Waals surface area contributed by atoms with E-state index in [1.807, 2.05) is 12.3 Å². The van der Waals surface area contributed by atoms with Crippen molar-refractivity contribution in [3.63, 3.8) is 0 Å². The minimum absolute atomic E-state index is 1.04. The summed E-state index contributed by atoms with van der Waals surface area (Å²) in [5.74, 6) is 0. The highest BCUT2D eigenvalue weighted by Crippen LogP contribution is 2.26. The molecule has 0 aliphatic heterocycles. The molecule has 0 aliphatic rings. The molecule has 0 atom stereocenters. The number of unbranched alkanes of at least 4 members (excludes halogenated alkanes) is 4. The minimum Gasteiger partial charge on any atom is -0.256 e. The minimum atomic E-state index is 1.04. The Hall–Kier alpha value is -1.96. The highest BCUT2D eigenvalue weighted by molar-refractivity contribution is 6.03. The molecule has 0 bridgehead atoms. The quantitative estimate of drug-likeness (QED) is 0.362. The molecule has 0 spiro atoms. The Kier molecular flexibility index (Phi) is 5.79. The van der Waals surface area contributed by atoms with E-state index in [4.69, 9.17) is 4.98 Å². The number of pyridine rings is 2. The van der Waals surface area contributed by atoms with Gasteiger partial charge in [-0.2, -0.15) is 0 Å². The first-order chi connectivity index (χ1) is 11.8. The lowest BCUT2D eigenvalue weighted by molar-refractivity contribution is 0.685. The molecule has 2 aromatic heterocycles. The van der Waals surface area contributed by atoms with Crippen LogP contribution in [-0.4, -0.2) is 9.97 Å². The van der Waals surface area contributed by atoms with Gasteiger partial charge in [-0.25, -0.2) is 0 Å². The molecule has 24 heavy (non-hydrogen) atoms. The fourth-order valence-electron chi connectivity index (χ4n) is 3.41. The summed E-state index contributed by atoms with van der Waals surface area (Å²) in [7, 11) is 0. The molecule has 2 nitrogen and oxygen atoms in total. The van der Waals surface area contributed by atoms with Gasteiger partial charge in [-0.15, -0.1) is 0 Å². The van der Waals surface area contributed by atoms with E-state index in [9.17, 15) is 0 Å². The maximum atomic E-state index is 5.11. The van der Waals surface area contributed by atoms with Crippen LogP contribution >= 0.6 is 0 Å². The molecule has 0 aliphatic carbocycles. The van der Waals surface area contributed by atoms with Crippen molar-refractivity contribution in [2.24, 2.45) is 0 Å². The molecule has 2 heteroatoms. The molecule has 0 amide bonds. The van der Waals surface area contributed by atoms with Crippen LogP contribution in [0.2, 0.25) is 0 Å². The average Bonchev–Trinajstić information content (AvgIpc) is 2.62. The number of nitrogens with zero attached hydrogens (tertiary/aromatic N) is 2. The first-order valence-corrected chi connectivity index (χ1v) is 9.49. The molecule has 0 radical (unpaired) electrons.